The van der Waals surface area contributed by atoms with Crippen molar-refractivity contribution in [2.75, 3.05) is 0 Å². The van der Waals surface area contributed by atoms with E-state index in [1.165, 1.54) is 12.1 Å². The van der Waals surface area contributed by atoms with Crippen LogP contribution in [-0.2, 0) is 0 Å². The number of carboxylic acids is 1. The summed E-state index contributed by atoms with van der Waals surface area (Å²) < 4.78 is 5.56. The Morgan fingerprint density at radius 2 is 1.72 bits per heavy atom. The van der Waals surface area contributed by atoms with E-state index < -0.39 is 5.97 Å². The molecule has 18 heavy (non-hydrogen) atoms. The van der Waals surface area contributed by atoms with Gasteiger partial charge in [0, 0.05) is 0 Å². The van der Waals surface area contributed by atoms with Gasteiger partial charge in [-0.15, -0.1) is 0 Å². The summed E-state index contributed by atoms with van der Waals surface area (Å²) in [6.45, 7) is 1.99. The molecule has 0 radical (unpaired) electrons. The van der Waals surface area contributed by atoms with Gasteiger partial charge in [-0.25, -0.2) is 4.79 Å². The van der Waals surface area contributed by atoms with Crippen LogP contribution in [0.2, 0.25) is 0 Å². The van der Waals surface area contributed by atoms with E-state index in [1.54, 1.807) is 12.1 Å². The molecule has 0 amide bonds. The summed E-state index contributed by atoms with van der Waals surface area (Å²) in [7, 11) is 0. The predicted molar refractivity (Wildman–Crippen MR) is 71.8 cm³/mol. The first kappa shape index (κ1) is 14.8. The third-order valence-electron chi connectivity index (χ3n) is 2.34. The van der Waals surface area contributed by atoms with E-state index in [2.05, 4.69) is 0 Å². The molecule has 2 rings (SSSR count). The number of hydrogen-bond donors (Lipinski definition) is 1. The van der Waals surface area contributed by atoms with Crippen LogP contribution in [0.5, 0.6) is 11.5 Å². The fraction of sp³-hybridized carbons (Fsp3) is 0.0714. The molecule has 0 aliphatic heterocycles. The van der Waals surface area contributed by atoms with Gasteiger partial charge in [-0.2, -0.15) is 0 Å². The molecule has 0 unspecified atom stereocenters. The van der Waals surface area contributed by atoms with Gasteiger partial charge in [0.1, 0.15) is 11.5 Å². The van der Waals surface area contributed by atoms with E-state index in [9.17, 15) is 4.79 Å². The molecular formula is C14H13NaO3. The zero-order valence-electron chi connectivity index (χ0n) is 9.38. The molecule has 1 N–H and O–H groups in total. The SMILES string of the molecule is Cc1ccc(Oc2cccc(C(=O)O)c2)cc1.[NaH]. The summed E-state index contributed by atoms with van der Waals surface area (Å²) in [5, 5.41) is 8.86. The molecule has 4 heteroatoms. The van der Waals surface area contributed by atoms with Gasteiger partial charge in [-0.3, -0.25) is 0 Å². The Morgan fingerprint density at radius 1 is 1.06 bits per heavy atom. The molecule has 0 heterocycles. The number of carbonyl (C=O) groups is 1. The van der Waals surface area contributed by atoms with E-state index in [0.717, 1.165) is 5.56 Å². The van der Waals surface area contributed by atoms with Gasteiger partial charge in [-0.05, 0) is 37.3 Å². The second-order valence-corrected chi connectivity index (χ2v) is 3.75. The first-order chi connectivity index (χ1) is 8.15. The van der Waals surface area contributed by atoms with Crippen LogP contribution in [0.3, 0.4) is 0 Å². The van der Waals surface area contributed by atoms with Crippen molar-refractivity contribution in [2.45, 2.75) is 6.92 Å². The molecule has 0 bridgehead atoms. The zero-order valence-corrected chi connectivity index (χ0v) is 9.38. The summed E-state index contributed by atoms with van der Waals surface area (Å²) in [6.07, 6.45) is 0. The van der Waals surface area contributed by atoms with Crippen LogP contribution in [0.25, 0.3) is 0 Å². The first-order valence-electron chi connectivity index (χ1n) is 5.23. The molecule has 0 atom stereocenters. The Morgan fingerprint density at radius 3 is 2.33 bits per heavy atom. The molecule has 0 aliphatic rings. The van der Waals surface area contributed by atoms with Gasteiger partial charge in [-0.1, -0.05) is 23.8 Å². The van der Waals surface area contributed by atoms with Gasteiger partial charge in [0.05, 0.1) is 5.56 Å². The average molecular weight is 252 g/mol. The molecule has 0 saturated heterocycles. The van der Waals surface area contributed by atoms with E-state index in [1.807, 2.05) is 31.2 Å². The maximum atomic E-state index is 10.8. The van der Waals surface area contributed by atoms with Crippen molar-refractivity contribution in [2.24, 2.45) is 0 Å². The molecular weight excluding hydrogens is 239 g/mol. The molecule has 2 aromatic rings. The molecule has 0 saturated carbocycles. The van der Waals surface area contributed by atoms with Crippen LogP contribution < -0.4 is 4.74 Å². The van der Waals surface area contributed by atoms with Crippen LogP contribution in [0, 0.1) is 6.92 Å². The predicted octanol–water partition coefficient (Wildman–Crippen LogP) is 2.84. The van der Waals surface area contributed by atoms with Crippen molar-refractivity contribution in [1.29, 1.82) is 0 Å². The fourth-order valence-corrected chi connectivity index (χ4v) is 1.44. The van der Waals surface area contributed by atoms with Gasteiger partial charge in [0.15, 0.2) is 0 Å². The average Bonchev–Trinajstić information content (AvgIpc) is 2.32. The zero-order chi connectivity index (χ0) is 12.3. The number of ether oxygens (including phenoxy) is 1. The summed E-state index contributed by atoms with van der Waals surface area (Å²) in [6, 6.07) is 14.0. The summed E-state index contributed by atoms with van der Waals surface area (Å²) in [5.74, 6) is 0.256. The second-order valence-electron chi connectivity index (χ2n) is 3.75. The Labute approximate surface area is 128 Å². The van der Waals surface area contributed by atoms with Gasteiger partial charge >= 0.3 is 35.5 Å². The van der Waals surface area contributed by atoms with Crippen molar-refractivity contribution in [1.82, 2.24) is 0 Å². The quantitative estimate of drug-likeness (QED) is 0.854. The molecule has 3 nitrogen and oxygen atoms in total. The summed E-state index contributed by atoms with van der Waals surface area (Å²) >= 11 is 0. The third kappa shape index (κ3) is 3.88. The number of rotatable bonds is 3. The minimum atomic E-state index is -0.959. The fourth-order valence-electron chi connectivity index (χ4n) is 1.44. The summed E-state index contributed by atoms with van der Waals surface area (Å²) in [4.78, 5) is 10.8. The monoisotopic (exact) mass is 252 g/mol. The van der Waals surface area contributed by atoms with Crippen molar-refractivity contribution in [3.05, 3.63) is 59.7 Å². The van der Waals surface area contributed by atoms with E-state index in [4.69, 9.17) is 9.84 Å². The van der Waals surface area contributed by atoms with Gasteiger partial charge in [0.2, 0.25) is 0 Å². The van der Waals surface area contributed by atoms with Crippen molar-refractivity contribution >= 4 is 35.5 Å². The Balaban J connectivity index is 0.00000162. The van der Waals surface area contributed by atoms with Gasteiger partial charge < -0.3 is 9.84 Å². The molecule has 2 aromatic carbocycles. The second kappa shape index (κ2) is 6.59. The molecule has 0 aliphatic carbocycles. The molecule has 0 spiro atoms. The molecule has 88 valence electrons. The Bertz CT molecular complexity index is 535. The number of aryl methyl sites for hydroxylation is 1. The van der Waals surface area contributed by atoms with Crippen LogP contribution >= 0.6 is 0 Å². The maximum absolute atomic E-state index is 10.8. The van der Waals surface area contributed by atoms with E-state index in [0.29, 0.717) is 11.5 Å². The van der Waals surface area contributed by atoms with Crippen LogP contribution in [0.1, 0.15) is 15.9 Å². The van der Waals surface area contributed by atoms with Crippen LogP contribution in [0.15, 0.2) is 48.5 Å². The first-order valence-corrected chi connectivity index (χ1v) is 5.23. The van der Waals surface area contributed by atoms with Crippen LogP contribution in [-0.4, -0.2) is 40.6 Å². The Kier molecular flexibility index (Phi) is 5.41. The number of benzene rings is 2. The minimum absolute atomic E-state index is 0. The third-order valence-corrected chi connectivity index (χ3v) is 2.34. The van der Waals surface area contributed by atoms with Crippen molar-refractivity contribution in [3.63, 3.8) is 0 Å². The number of hydrogen-bond acceptors (Lipinski definition) is 2. The molecule has 0 fully saturated rings. The summed E-state index contributed by atoms with van der Waals surface area (Å²) in [5.41, 5.74) is 1.37. The topological polar surface area (TPSA) is 46.5 Å². The van der Waals surface area contributed by atoms with E-state index >= 15 is 0 Å². The van der Waals surface area contributed by atoms with Crippen LogP contribution in [0.4, 0.5) is 0 Å². The number of aromatic carboxylic acids is 1. The Hall–Kier alpha value is -1.29. The number of carboxylic acid groups (broad SMARTS) is 1. The standard InChI is InChI=1S/C14H12O3.Na.H/c1-10-5-7-12(8-6-10)17-13-4-2-3-11(9-13)14(15)16;;/h2-9H,1H3,(H,15,16);;. The van der Waals surface area contributed by atoms with E-state index in [-0.39, 0.29) is 35.1 Å². The van der Waals surface area contributed by atoms with Gasteiger partial charge in [0.25, 0.3) is 0 Å². The molecule has 0 aromatic heterocycles. The normalized spacial score (nSPS) is 9.39. The van der Waals surface area contributed by atoms with Crippen molar-refractivity contribution in [3.8, 4) is 11.5 Å². The van der Waals surface area contributed by atoms with Crippen molar-refractivity contribution < 1.29 is 14.6 Å².